The Bertz CT molecular complexity index is 1640. The lowest BCUT2D eigenvalue weighted by atomic mass is 9.93. The van der Waals surface area contributed by atoms with Crippen LogP contribution in [-0.4, -0.2) is 35.0 Å². The molecule has 43 heavy (non-hydrogen) atoms. The molecule has 5 rings (SSSR count). The summed E-state index contributed by atoms with van der Waals surface area (Å²) in [5, 5.41) is 6.00. The summed E-state index contributed by atoms with van der Waals surface area (Å²) in [7, 11) is 0. The Kier molecular flexibility index (Phi) is 8.71. The van der Waals surface area contributed by atoms with Crippen molar-refractivity contribution in [1.29, 1.82) is 0 Å². The molecule has 4 aromatic carbocycles. The first-order valence-electron chi connectivity index (χ1n) is 14.3. The topological polar surface area (TPSA) is 87.7 Å². The highest BCUT2D eigenvalue weighted by atomic mass is 16.6. The lowest BCUT2D eigenvalue weighted by molar-refractivity contribution is 0.0329. The van der Waals surface area contributed by atoms with Crippen LogP contribution in [-0.2, 0) is 4.74 Å². The van der Waals surface area contributed by atoms with Crippen molar-refractivity contribution in [2.24, 2.45) is 0 Å². The van der Waals surface area contributed by atoms with Gasteiger partial charge in [-0.25, -0.2) is 4.79 Å². The van der Waals surface area contributed by atoms with E-state index >= 15 is 0 Å². The summed E-state index contributed by atoms with van der Waals surface area (Å²) in [6.45, 7) is 6.09. The van der Waals surface area contributed by atoms with Crippen molar-refractivity contribution in [3.63, 3.8) is 0 Å². The molecule has 0 aliphatic carbocycles. The van der Waals surface area contributed by atoms with Gasteiger partial charge in [0.25, 0.3) is 11.8 Å². The summed E-state index contributed by atoms with van der Waals surface area (Å²) in [5.74, 6) is -0.388. The molecule has 0 fully saturated rings. The maximum atomic E-state index is 13.1. The zero-order valence-corrected chi connectivity index (χ0v) is 24.6. The third kappa shape index (κ3) is 7.57. The van der Waals surface area contributed by atoms with Crippen molar-refractivity contribution in [3.05, 3.63) is 126 Å². The normalized spacial score (nSPS) is 13.1. The predicted octanol–water partition coefficient (Wildman–Crippen LogP) is 8.23. The molecule has 218 valence electrons. The first-order chi connectivity index (χ1) is 20.7. The van der Waals surface area contributed by atoms with Crippen LogP contribution in [0.5, 0.6) is 0 Å². The van der Waals surface area contributed by atoms with Crippen molar-refractivity contribution in [2.75, 3.05) is 17.2 Å². The van der Waals surface area contributed by atoms with Crippen LogP contribution in [0, 0.1) is 0 Å². The van der Waals surface area contributed by atoms with Gasteiger partial charge in [0.15, 0.2) is 0 Å². The molecule has 7 nitrogen and oxygen atoms in total. The predicted molar refractivity (Wildman–Crippen MR) is 171 cm³/mol. The molecule has 1 aliphatic rings. The molecule has 3 amide bonds. The molecular weight excluding hydrogens is 538 g/mol. The molecule has 0 atom stereocenters. The molecule has 1 aliphatic heterocycles. The number of carbonyl (C=O) groups is 3. The molecule has 0 bridgehead atoms. The SMILES string of the molecule is CC(C)(C)OC(=O)N1C=C(c2cc(-c3ccc(NC(=O)c4ccccc4)cc3)ccc2NC(=O)c2ccccc2)CCC1. The maximum Gasteiger partial charge on any atom is 0.414 e. The molecular formula is C36H35N3O4. The van der Waals surface area contributed by atoms with Gasteiger partial charge in [-0.3, -0.25) is 14.5 Å². The van der Waals surface area contributed by atoms with Crippen LogP contribution in [0.4, 0.5) is 16.2 Å². The van der Waals surface area contributed by atoms with Gasteiger partial charge in [0.1, 0.15) is 5.60 Å². The van der Waals surface area contributed by atoms with Crippen LogP contribution in [0.25, 0.3) is 16.7 Å². The molecule has 1 heterocycles. The fraction of sp³-hybridized carbons (Fsp3) is 0.194. The van der Waals surface area contributed by atoms with E-state index in [1.54, 1.807) is 29.2 Å². The summed E-state index contributed by atoms with van der Waals surface area (Å²) < 4.78 is 5.62. The Hall–Kier alpha value is -5.17. The summed E-state index contributed by atoms with van der Waals surface area (Å²) in [6, 6.07) is 31.6. The minimum absolute atomic E-state index is 0.173. The number of benzene rings is 4. The first-order valence-corrected chi connectivity index (χ1v) is 14.3. The van der Waals surface area contributed by atoms with Gasteiger partial charge in [-0.1, -0.05) is 54.6 Å². The highest BCUT2D eigenvalue weighted by Crippen LogP contribution is 2.35. The van der Waals surface area contributed by atoms with Gasteiger partial charge in [-0.05, 0) is 98.8 Å². The fourth-order valence-corrected chi connectivity index (χ4v) is 4.85. The first kappa shape index (κ1) is 29.3. The highest BCUT2D eigenvalue weighted by Gasteiger charge is 2.25. The van der Waals surface area contributed by atoms with Crippen LogP contribution in [0.3, 0.4) is 0 Å². The Morgan fingerprint density at radius 1 is 0.721 bits per heavy atom. The second kappa shape index (κ2) is 12.8. The number of nitrogens with one attached hydrogen (secondary N) is 2. The minimum atomic E-state index is -0.607. The quantitative estimate of drug-likeness (QED) is 0.243. The number of nitrogens with zero attached hydrogens (tertiary/aromatic N) is 1. The van der Waals surface area contributed by atoms with E-state index in [4.69, 9.17) is 4.74 Å². The van der Waals surface area contributed by atoms with Gasteiger partial charge in [0, 0.05) is 40.8 Å². The molecule has 0 saturated carbocycles. The van der Waals surface area contributed by atoms with E-state index in [-0.39, 0.29) is 11.8 Å². The summed E-state index contributed by atoms with van der Waals surface area (Å²) in [4.78, 5) is 40.2. The molecule has 2 N–H and O–H groups in total. The second-order valence-corrected chi connectivity index (χ2v) is 11.4. The Labute approximate surface area is 252 Å². The largest absolute Gasteiger partial charge is 0.443 e. The lowest BCUT2D eigenvalue weighted by Gasteiger charge is -2.29. The zero-order valence-electron chi connectivity index (χ0n) is 24.6. The van der Waals surface area contributed by atoms with Gasteiger partial charge < -0.3 is 15.4 Å². The van der Waals surface area contributed by atoms with E-state index in [0.717, 1.165) is 35.1 Å². The summed E-state index contributed by atoms with van der Waals surface area (Å²) >= 11 is 0. The lowest BCUT2D eigenvalue weighted by Crippen LogP contribution is -2.35. The van der Waals surface area contributed by atoms with Crippen molar-refractivity contribution in [1.82, 2.24) is 4.90 Å². The van der Waals surface area contributed by atoms with Crippen LogP contribution >= 0.6 is 0 Å². The van der Waals surface area contributed by atoms with Crippen LogP contribution in [0.1, 0.15) is 59.9 Å². The fourth-order valence-electron chi connectivity index (χ4n) is 4.85. The van der Waals surface area contributed by atoms with E-state index in [1.165, 1.54) is 0 Å². The van der Waals surface area contributed by atoms with Gasteiger partial charge in [-0.2, -0.15) is 0 Å². The average Bonchev–Trinajstić information content (AvgIpc) is 3.02. The molecule has 0 radical (unpaired) electrons. The van der Waals surface area contributed by atoms with Gasteiger partial charge in [0.2, 0.25) is 0 Å². The monoisotopic (exact) mass is 573 g/mol. The highest BCUT2D eigenvalue weighted by molar-refractivity contribution is 6.06. The van der Waals surface area contributed by atoms with Crippen molar-refractivity contribution >= 4 is 34.9 Å². The molecule has 4 aromatic rings. The van der Waals surface area contributed by atoms with E-state index in [2.05, 4.69) is 10.6 Å². The molecule has 0 aromatic heterocycles. The number of hydrogen-bond acceptors (Lipinski definition) is 4. The van der Waals surface area contributed by atoms with Gasteiger partial charge >= 0.3 is 6.09 Å². The number of allylic oxidation sites excluding steroid dienone is 1. The van der Waals surface area contributed by atoms with E-state index in [1.807, 2.05) is 106 Å². The smallest absolute Gasteiger partial charge is 0.414 e. The van der Waals surface area contributed by atoms with Gasteiger partial charge in [0.05, 0.1) is 0 Å². The standard InChI is InChI=1S/C36H35N3O4/c1-36(2,3)43-35(42)39-22-10-15-29(24-39)31-23-28(18-21-32(31)38-34(41)27-13-8-5-9-14-27)25-16-19-30(20-17-25)37-33(40)26-11-6-4-7-12-26/h4-9,11-14,16-21,23-24H,10,15,22H2,1-3H3,(H,37,40)(H,38,41). The Morgan fingerprint density at radius 2 is 1.30 bits per heavy atom. The molecule has 7 heteroatoms. The number of hydrogen-bond donors (Lipinski definition) is 2. The van der Waals surface area contributed by atoms with Crippen LogP contribution < -0.4 is 10.6 Å². The second-order valence-electron chi connectivity index (χ2n) is 11.4. The molecule has 0 saturated heterocycles. The average molecular weight is 574 g/mol. The number of carbonyl (C=O) groups excluding carboxylic acids is 3. The minimum Gasteiger partial charge on any atom is -0.443 e. The number of rotatable bonds is 6. The number of anilines is 2. The Morgan fingerprint density at radius 3 is 1.91 bits per heavy atom. The van der Waals surface area contributed by atoms with Crippen molar-refractivity contribution in [3.8, 4) is 11.1 Å². The van der Waals surface area contributed by atoms with Gasteiger partial charge in [-0.15, -0.1) is 0 Å². The molecule has 0 unspecified atom stereocenters. The zero-order chi connectivity index (χ0) is 30.4. The number of ether oxygens (including phenoxy) is 1. The third-order valence-corrected chi connectivity index (χ3v) is 6.95. The Balaban J connectivity index is 1.45. The van der Waals surface area contributed by atoms with Crippen LogP contribution in [0.15, 0.2) is 109 Å². The maximum absolute atomic E-state index is 13.1. The van der Waals surface area contributed by atoms with Crippen LogP contribution in [0.2, 0.25) is 0 Å². The van der Waals surface area contributed by atoms with E-state index < -0.39 is 11.7 Å². The van der Waals surface area contributed by atoms with E-state index in [0.29, 0.717) is 29.0 Å². The summed E-state index contributed by atoms with van der Waals surface area (Å²) in [5.41, 5.74) is 5.51. The molecule has 0 spiro atoms. The van der Waals surface area contributed by atoms with Crippen molar-refractivity contribution in [2.45, 2.75) is 39.2 Å². The summed E-state index contributed by atoms with van der Waals surface area (Å²) in [6.07, 6.45) is 2.93. The third-order valence-electron chi connectivity index (χ3n) is 6.95. The van der Waals surface area contributed by atoms with E-state index in [9.17, 15) is 14.4 Å². The number of amides is 3. The van der Waals surface area contributed by atoms with Crippen molar-refractivity contribution < 1.29 is 19.1 Å².